The zero-order chi connectivity index (χ0) is 14.9. The number of hydrogen-bond donors (Lipinski definition) is 1. The fourth-order valence-corrected chi connectivity index (χ4v) is 3.92. The van der Waals surface area contributed by atoms with Gasteiger partial charge in [0.1, 0.15) is 0 Å². The van der Waals surface area contributed by atoms with Crippen LogP contribution in [-0.4, -0.2) is 40.7 Å². The maximum absolute atomic E-state index is 5.44. The third-order valence-electron chi connectivity index (χ3n) is 4.65. The number of rotatable bonds is 3. The average molecular weight is 400 g/mol. The van der Waals surface area contributed by atoms with Crippen molar-refractivity contribution in [1.82, 2.24) is 20.4 Å². The highest BCUT2D eigenvalue weighted by Gasteiger charge is 2.32. The van der Waals surface area contributed by atoms with Gasteiger partial charge in [0, 0.05) is 29.2 Å². The Hall–Kier alpha value is -0.950. The van der Waals surface area contributed by atoms with E-state index in [0.717, 1.165) is 48.2 Å². The summed E-state index contributed by atoms with van der Waals surface area (Å²) >= 11 is 3.47. The van der Waals surface area contributed by atoms with Gasteiger partial charge in [-0.25, -0.2) is 0 Å². The molecule has 2 fully saturated rings. The molecule has 0 amide bonds. The molecule has 7 heteroatoms. The van der Waals surface area contributed by atoms with Gasteiger partial charge in [0.15, 0.2) is 0 Å². The van der Waals surface area contributed by atoms with Gasteiger partial charge in [-0.2, -0.15) is 4.98 Å². The molecular weight excluding hydrogens is 380 g/mol. The minimum absolute atomic E-state index is 0. The second-order valence-electron chi connectivity index (χ2n) is 6.16. The molecule has 4 rings (SSSR count). The topological polar surface area (TPSA) is 54.2 Å². The van der Waals surface area contributed by atoms with Crippen LogP contribution in [0.4, 0.5) is 0 Å². The summed E-state index contributed by atoms with van der Waals surface area (Å²) in [6, 6.07) is 8.69. The third-order valence-corrected chi connectivity index (χ3v) is 5.14. The lowest BCUT2D eigenvalue weighted by molar-refractivity contribution is 0.140. The van der Waals surface area contributed by atoms with E-state index in [1.54, 1.807) is 0 Å². The van der Waals surface area contributed by atoms with Crippen LogP contribution in [-0.2, 0) is 6.54 Å². The molecule has 2 aromatic rings. The molecule has 2 aliphatic rings. The molecule has 2 unspecified atom stereocenters. The summed E-state index contributed by atoms with van der Waals surface area (Å²) in [5.74, 6) is 2.15. The number of nitrogens with one attached hydrogen (secondary N) is 1. The summed E-state index contributed by atoms with van der Waals surface area (Å²) < 4.78 is 6.46. The molecule has 0 bridgehead atoms. The van der Waals surface area contributed by atoms with E-state index in [4.69, 9.17) is 4.52 Å². The first-order valence-corrected chi connectivity index (χ1v) is 8.61. The van der Waals surface area contributed by atoms with Crippen LogP contribution in [0.25, 0.3) is 11.4 Å². The van der Waals surface area contributed by atoms with Gasteiger partial charge in [0.2, 0.25) is 11.7 Å². The highest BCUT2D eigenvalue weighted by molar-refractivity contribution is 9.10. The van der Waals surface area contributed by atoms with Crippen LogP contribution in [0.1, 0.15) is 18.7 Å². The van der Waals surface area contributed by atoms with Gasteiger partial charge < -0.3 is 9.84 Å². The Balaban J connectivity index is 0.00000156. The van der Waals surface area contributed by atoms with Crippen LogP contribution >= 0.6 is 28.3 Å². The van der Waals surface area contributed by atoms with E-state index in [-0.39, 0.29) is 12.4 Å². The molecule has 1 aromatic heterocycles. The Morgan fingerprint density at radius 1 is 1.35 bits per heavy atom. The van der Waals surface area contributed by atoms with Gasteiger partial charge in [-0.15, -0.1) is 12.4 Å². The fourth-order valence-electron chi connectivity index (χ4n) is 3.52. The summed E-state index contributed by atoms with van der Waals surface area (Å²) in [6.07, 6.45) is 2.51. The molecule has 1 N–H and O–H groups in total. The quantitative estimate of drug-likeness (QED) is 0.859. The number of hydrogen-bond acceptors (Lipinski definition) is 5. The smallest absolute Gasteiger partial charge is 0.241 e. The first-order chi connectivity index (χ1) is 10.8. The second-order valence-corrected chi connectivity index (χ2v) is 7.07. The number of aromatic nitrogens is 2. The lowest BCUT2D eigenvalue weighted by atomic mass is 9.93. The predicted octanol–water partition coefficient (Wildman–Crippen LogP) is 3.10. The van der Waals surface area contributed by atoms with Crippen LogP contribution in [0.5, 0.6) is 0 Å². The predicted molar refractivity (Wildman–Crippen MR) is 94.5 cm³/mol. The molecule has 124 valence electrons. The molecule has 5 nitrogen and oxygen atoms in total. The first-order valence-electron chi connectivity index (χ1n) is 7.82. The molecule has 2 saturated heterocycles. The van der Waals surface area contributed by atoms with Crippen LogP contribution < -0.4 is 5.32 Å². The second kappa shape index (κ2) is 7.30. The van der Waals surface area contributed by atoms with Gasteiger partial charge in [-0.3, -0.25) is 4.90 Å². The summed E-state index contributed by atoms with van der Waals surface area (Å²) in [5.41, 5.74) is 0.975. The average Bonchev–Trinajstić information content (AvgIpc) is 3.16. The standard InChI is InChI=1S/C16H19BrN4O.ClH/c17-13-3-1-2-11(8-13)16-19-15(22-20-16)10-21-7-5-14-12(9-21)4-6-18-14;/h1-3,8,12,14,18H,4-7,9-10H2;1H. The number of fused-ring (bicyclic) bond motifs is 1. The molecule has 0 spiro atoms. The Morgan fingerprint density at radius 3 is 3.13 bits per heavy atom. The largest absolute Gasteiger partial charge is 0.338 e. The van der Waals surface area contributed by atoms with Crippen molar-refractivity contribution >= 4 is 28.3 Å². The highest BCUT2D eigenvalue weighted by atomic mass is 79.9. The number of piperidine rings is 1. The van der Waals surface area contributed by atoms with Crippen molar-refractivity contribution in [1.29, 1.82) is 0 Å². The summed E-state index contributed by atoms with van der Waals surface area (Å²) in [5, 5.41) is 7.70. The van der Waals surface area contributed by atoms with Gasteiger partial charge >= 0.3 is 0 Å². The lowest BCUT2D eigenvalue weighted by Gasteiger charge is -2.33. The molecule has 0 radical (unpaired) electrons. The van der Waals surface area contributed by atoms with E-state index < -0.39 is 0 Å². The van der Waals surface area contributed by atoms with Gasteiger partial charge in [0.05, 0.1) is 6.54 Å². The summed E-state index contributed by atoms with van der Waals surface area (Å²) in [7, 11) is 0. The van der Waals surface area contributed by atoms with Crippen molar-refractivity contribution in [2.24, 2.45) is 5.92 Å². The number of benzene rings is 1. The van der Waals surface area contributed by atoms with E-state index in [1.807, 2.05) is 24.3 Å². The molecule has 0 saturated carbocycles. The summed E-state index contributed by atoms with van der Waals surface area (Å²) in [6.45, 7) is 4.15. The van der Waals surface area contributed by atoms with Crippen LogP contribution in [0, 0.1) is 5.92 Å². The first kappa shape index (κ1) is 16.9. The van der Waals surface area contributed by atoms with Crippen molar-refractivity contribution in [2.45, 2.75) is 25.4 Å². The normalized spacial score (nSPS) is 24.2. The minimum atomic E-state index is 0. The highest BCUT2D eigenvalue weighted by Crippen LogP contribution is 2.26. The van der Waals surface area contributed by atoms with Crippen molar-refractivity contribution < 1.29 is 4.52 Å². The van der Waals surface area contributed by atoms with Crippen LogP contribution in [0.15, 0.2) is 33.3 Å². The molecule has 2 atom stereocenters. The summed E-state index contributed by atoms with van der Waals surface area (Å²) in [4.78, 5) is 6.98. The van der Waals surface area contributed by atoms with Gasteiger partial charge in [-0.05, 0) is 37.4 Å². The van der Waals surface area contributed by atoms with E-state index in [2.05, 4.69) is 36.3 Å². The Morgan fingerprint density at radius 2 is 2.26 bits per heavy atom. The zero-order valence-electron chi connectivity index (χ0n) is 12.7. The molecule has 3 heterocycles. The molecule has 2 aliphatic heterocycles. The Kier molecular flexibility index (Phi) is 5.36. The van der Waals surface area contributed by atoms with Crippen molar-refractivity contribution in [3.63, 3.8) is 0 Å². The van der Waals surface area contributed by atoms with E-state index in [9.17, 15) is 0 Å². The monoisotopic (exact) mass is 398 g/mol. The van der Waals surface area contributed by atoms with Gasteiger partial charge in [0.25, 0.3) is 0 Å². The third kappa shape index (κ3) is 3.76. The molecular formula is C16H20BrClN4O. The fraction of sp³-hybridized carbons (Fsp3) is 0.500. The molecule has 23 heavy (non-hydrogen) atoms. The van der Waals surface area contributed by atoms with Gasteiger partial charge in [-0.1, -0.05) is 33.2 Å². The zero-order valence-corrected chi connectivity index (χ0v) is 15.1. The van der Waals surface area contributed by atoms with E-state index in [1.165, 1.54) is 12.8 Å². The molecule has 0 aliphatic carbocycles. The Labute approximate surface area is 150 Å². The van der Waals surface area contributed by atoms with E-state index in [0.29, 0.717) is 11.7 Å². The maximum Gasteiger partial charge on any atom is 0.241 e. The maximum atomic E-state index is 5.44. The Bertz CT molecular complexity index is 665. The number of halogens is 2. The van der Waals surface area contributed by atoms with Crippen molar-refractivity contribution in [3.05, 3.63) is 34.6 Å². The van der Waals surface area contributed by atoms with Crippen LogP contribution in [0.3, 0.4) is 0 Å². The lowest BCUT2D eigenvalue weighted by Crippen LogP contribution is -2.43. The minimum Gasteiger partial charge on any atom is -0.338 e. The van der Waals surface area contributed by atoms with Crippen LogP contribution in [0.2, 0.25) is 0 Å². The van der Waals surface area contributed by atoms with Crippen molar-refractivity contribution in [2.75, 3.05) is 19.6 Å². The number of likely N-dealkylation sites (tertiary alicyclic amines) is 1. The molecule has 1 aromatic carbocycles. The number of nitrogens with zero attached hydrogens (tertiary/aromatic N) is 3. The van der Waals surface area contributed by atoms with Crippen molar-refractivity contribution in [3.8, 4) is 11.4 Å². The van der Waals surface area contributed by atoms with E-state index >= 15 is 0 Å². The SMILES string of the molecule is Brc1cccc(-c2noc(CN3CCC4NCCC4C3)n2)c1.Cl.